The summed E-state index contributed by atoms with van der Waals surface area (Å²) in [5, 5.41) is 11.9. The van der Waals surface area contributed by atoms with E-state index in [1.807, 2.05) is 0 Å². The molecule has 0 aliphatic rings. The molecule has 0 bridgehead atoms. The third kappa shape index (κ3) is 4.51. The predicted molar refractivity (Wildman–Crippen MR) is 134 cm³/mol. The minimum atomic E-state index is -0.936. The Hall–Kier alpha value is -4.28. The minimum Gasteiger partial charge on any atom is -0.373 e. The summed E-state index contributed by atoms with van der Waals surface area (Å²) in [6.07, 6.45) is 1.63. The van der Waals surface area contributed by atoms with Crippen molar-refractivity contribution in [2.75, 3.05) is 23.0 Å². The molecule has 0 saturated heterocycles. The molecule has 0 aliphatic carbocycles. The Labute approximate surface area is 205 Å². The molecule has 0 fully saturated rings. The van der Waals surface area contributed by atoms with Gasteiger partial charge in [0.15, 0.2) is 0 Å². The second kappa shape index (κ2) is 9.06. The van der Waals surface area contributed by atoms with Gasteiger partial charge in [-0.05, 0) is 36.2 Å². The Morgan fingerprint density at radius 2 is 1.81 bits per heavy atom. The van der Waals surface area contributed by atoms with Gasteiger partial charge in [0.25, 0.3) is 11.4 Å². The molecule has 36 heavy (non-hydrogen) atoms. The molecule has 11 heteroatoms. The number of carbonyl (C=O) groups excluding carboxylic acids is 1. The van der Waals surface area contributed by atoms with Crippen LogP contribution < -0.4 is 21.5 Å². The first-order valence-corrected chi connectivity index (χ1v) is 11.1. The normalized spacial score (nSPS) is 11.6. The van der Waals surface area contributed by atoms with Crippen LogP contribution in [0.2, 0.25) is 0 Å². The molecule has 2 amide bonds. The molecule has 0 radical (unpaired) electrons. The summed E-state index contributed by atoms with van der Waals surface area (Å²) in [7, 11) is 3.37. The van der Waals surface area contributed by atoms with Crippen LogP contribution in [0.1, 0.15) is 32.0 Å². The van der Waals surface area contributed by atoms with Crippen LogP contribution in [0.4, 0.5) is 31.0 Å². The summed E-state index contributed by atoms with van der Waals surface area (Å²) in [6, 6.07) is 5.06. The van der Waals surface area contributed by atoms with Gasteiger partial charge in [-0.15, -0.1) is 0 Å². The largest absolute Gasteiger partial charge is 0.373 e. The molecule has 1 aromatic carbocycles. The van der Waals surface area contributed by atoms with E-state index in [1.165, 1.54) is 16.7 Å². The van der Waals surface area contributed by atoms with Gasteiger partial charge in [0.1, 0.15) is 17.3 Å². The lowest BCUT2D eigenvalue weighted by atomic mass is 9.92. The van der Waals surface area contributed by atoms with Crippen molar-refractivity contribution in [1.82, 2.24) is 14.7 Å². The van der Waals surface area contributed by atoms with Crippen molar-refractivity contribution >= 4 is 34.3 Å². The smallest absolute Gasteiger partial charge is 0.326 e. The zero-order valence-electron chi connectivity index (χ0n) is 20.7. The number of nitrogens with one attached hydrogen (secondary N) is 3. The average Bonchev–Trinajstić information content (AvgIpc) is 3.18. The number of pyridine rings is 2. The quantitative estimate of drug-likeness (QED) is 0.360. The SMILES string of the molecule is CNc1cc2c(cn1)cc(-c1cc(NC(=O)Nc3onc(C(C)(C)C)c3F)c(F)cc1C)c(=O)n2C. The Balaban J connectivity index is 1.69. The number of hydrogen-bond donors (Lipinski definition) is 3. The number of aryl methyl sites for hydroxylation is 2. The molecule has 4 aromatic rings. The summed E-state index contributed by atoms with van der Waals surface area (Å²) in [4.78, 5) is 30.0. The number of aromatic nitrogens is 3. The molecule has 0 atom stereocenters. The van der Waals surface area contributed by atoms with E-state index in [-0.39, 0.29) is 16.9 Å². The second-order valence-electron chi connectivity index (χ2n) is 9.45. The van der Waals surface area contributed by atoms with Gasteiger partial charge in [-0.3, -0.25) is 10.1 Å². The molecule has 0 spiro atoms. The fraction of sp³-hybridized carbons (Fsp3) is 0.280. The fourth-order valence-corrected chi connectivity index (χ4v) is 3.83. The van der Waals surface area contributed by atoms with Crippen molar-refractivity contribution in [1.29, 1.82) is 0 Å². The summed E-state index contributed by atoms with van der Waals surface area (Å²) in [6.45, 7) is 6.89. The average molecular weight is 497 g/mol. The molecule has 3 N–H and O–H groups in total. The van der Waals surface area contributed by atoms with E-state index in [1.54, 1.807) is 60.1 Å². The van der Waals surface area contributed by atoms with E-state index in [4.69, 9.17) is 4.52 Å². The van der Waals surface area contributed by atoms with Crippen molar-refractivity contribution in [2.24, 2.45) is 7.05 Å². The molecule has 4 rings (SSSR count). The molecule has 9 nitrogen and oxygen atoms in total. The molecule has 3 aromatic heterocycles. The van der Waals surface area contributed by atoms with Gasteiger partial charge in [0.2, 0.25) is 5.82 Å². The van der Waals surface area contributed by atoms with Gasteiger partial charge in [-0.2, -0.15) is 4.39 Å². The van der Waals surface area contributed by atoms with E-state index >= 15 is 0 Å². The number of anilines is 3. The first-order chi connectivity index (χ1) is 16.9. The molecule has 3 heterocycles. The van der Waals surface area contributed by atoms with E-state index in [9.17, 15) is 18.4 Å². The van der Waals surface area contributed by atoms with Crippen LogP contribution in [0.5, 0.6) is 0 Å². The number of fused-ring (bicyclic) bond motifs is 1. The minimum absolute atomic E-state index is 0.0464. The molecular formula is C25H26F2N6O3. The van der Waals surface area contributed by atoms with Crippen LogP contribution in [0.15, 0.2) is 39.8 Å². The van der Waals surface area contributed by atoms with Crippen LogP contribution in [0.3, 0.4) is 0 Å². The zero-order valence-corrected chi connectivity index (χ0v) is 20.7. The maximum atomic E-state index is 14.7. The van der Waals surface area contributed by atoms with Crippen LogP contribution in [0.25, 0.3) is 22.0 Å². The van der Waals surface area contributed by atoms with Crippen molar-refractivity contribution < 1.29 is 18.1 Å². The standard InChI is InChI=1S/C25H26F2N6O3/c1-12-7-16(26)17(30-24(35)31-22-20(27)21(32-36-22)25(2,3)4)9-14(12)15-8-13-11-29-19(28-5)10-18(13)33(6)23(15)34/h7-11H,1-6H3,(H,28,29)(H2,30,31,35). The van der Waals surface area contributed by atoms with Crippen molar-refractivity contribution in [2.45, 2.75) is 33.1 Å². The van der Waals surface area contributed by atoms with E-state index in [0.29, 0.717) is 33.4 Å². The third-order valence-electron chi connectivity index (χ3n) is 5.79. The van der Waals surface area contributed by atoms with Gasteiger partial charge in [-0.1, -0.05) is 25.9 Å². The highest BCUT2D eigenvalue weighted by Crippen LogP contribution is 2.31. The molecule has 188 valence electrons. The maximum absolute atomic E-state index is 14.7. The van der Waals surface area contributed by atoms with Crippen LogP contribution in [-0.2, 0) is 12.5 Å². The Bertz CT molecular complexity index is 1550. The molecular weight excluding hydrogens is 470 g/mol. The summed E-state index contributed by atoms with van der Waals surface area (Å²) in [5.74, 6) is -1.41. The first kappa shape index (κ1) is 24.8. The third-order valence-corrected chi connectivity index (χ3v) is 5.79. The molecule has 0 unspecified atom stereocenters. The lowest BCUT2D eigenvalue weighted by molar-refractivity contribution is 0.261. The molecule has 0 aliphatic heterocycles. The number of rotatable bonds is 4. The van der Waals surface area contributed by atoms with Gasteiger partial charge in [-0.25, -0.2) is 14.2 Å². The monoisotopic (exact) mass is 496 g/mol. The van der Waals surface area contributed by atoms with Crippen LogP contribution >= 0.6 is 0 Å². The highest BCUT2D eigenvalue weighted by atomic mass is 19.1. The summed E-state index contributed by atoms with van der Waals surface area (Å²) in [5.41, 5.74) is 0.793. The number of benzene rings is 1. The number of halogens is 2. The van der Waals surface area contributed by atoms with Gasteiger partial charge < -0.3 is 19.7 Å². The van der Waals surface area contributed by atoms with Crippen molar-refractivity contribution in [3.05, 3.63) is 63.7 Å². The van der Waals surface area contributed by atoms with Gasteiger partial charge in [0, 0.05) is 42.7 Å². The summed E-state index contributed by atoms with van der Waals surface area (Å²) >= 11 is 0. The predicted octanol–water partition coefficient (Wildman–Crippen LogP) is 5.16. The lowest BCUT2D eigenvalue weighted by Gasteiger charge is -2.14. The Morgan fingerprint density at radius 3 is 2.44 bits per heavy atom. The second-order valence-corrected chi connectivity index (χ2v) is 9.45. The van der Waals surface area contributed by atoms with E-state index in [2.05, 4.69) is 26.1 Å². The topological polar surface area (TPSA) is 114 Å². The number of hydrogen-bond acceptors (Lipinski definition) is 6. The zero-order chi connectivity index (χ0) is 26.4. The Morgan fingerprint density at radius 1 is 1.08 bits per heavy atom. The van der Waals surface area contributed by atoms with Crippen LogP contribution in [-0.4, -0.2) is 27.8 Å². The Kier molecular flexibility index (Phi) is 6.25. The van der Waals surface area contributed by atoms with Gasteiger partial charge >= 0.3 is 6.03 Å². The number of nitrogens with zero attached hydrogens (tertiary/aromatic N) is 3. The van der Waals surface area contributed by atoms with E-state index < -0.39 is 29.0 Å². The number of amides is 2. The van der Waals surface area contributed by atoms with Crippen molar-refractivity contribution in [3.63, 3.8) is 0 Å². The lowest BCUT2D eigenvalue weighted by Crippen LogP contribution is -2.22. The maximum Gasteiger partial charge on any atom is 0.326 e. The number of carbonyl (C=O) groups is 1. The van der Waals surface area contributed by atoms with Crippen LogP contribution in [0, 0.1) is 18.6 Å². The summed E-state index contributed by atoms with van der Waals surface area (Å²) < 4.78 is 35.7. The number of urea groups is 1. The first-order valence-electron chi connectivity index (χ1n) is 11.1. The van der Waals surface area contributed by atoms with E-state index in [0.717, 1.165) is 0 Å². The fourth-order valence-electron chi connectivity index (χ4n) is 3.83. The van der Waals surface area contributed by atoms with Gasteiger partial charge in [0.05, 0.1) is 11.2 Å². The highest BCUT2D eigenvalue weighted by molar-refractivity contribution is 5.99. The van der Waals surface area contributed by atoms with Crippen molar-refractivity contribution in [3.8, 4) is 11.1 Å². The molecule has 0 saturated carbocycles. The highest BCUT2D eigenvalue weighted by Gasteiger charge is 2.27.